The van der Waals surface area contributed by atoms with Gasteiger partial charge in [0.25, 0.3) is 0 Å². The van der Waals surface area contributed by atoms with Crippen molar-refractivity contribution in [2.24, 2.45) is 0 Å². The topological polar surface area (TPSA) is 51.4 Å². The highest BCUT2D eigenvalue weighted by Crippen LogP contribution is 2.26. The van der Waals surface area contributed by atoms with Crippen molar-refractivity contribution in [3.63, 3.8) is 0 Å². The van der Waals surface area contributed by atoms with Gasteiger partial charge in [0, 0.05) is 12.6 Å². The fraction of sp³-hybridized carbons (Fsp3) is 0.385. The highest BCUT2D eigenvalue weighted by molar-refractivity contribution is 6.29. The van der Waals surface area contributed by atoms with Crippen LogP contribution < -0.4 is 4.90 Å². The molecule has 0 aromatic carbocycles. The molecule has 0 radical (unpaired) electrons. The summed E-state index contributed by atoms with van der Waals surface area (Å²) in [5, 5.41) is 0.462. The van der Waals surface area contributed by atoms with E-state index < -0.39 is 0 Å². The average molecular weight is 280 g/mol. The van der Waals surface area contributed by atoms with Gasteiger partial charge in [-0.2, -0.15) is 0 Å². The molecule has 0 spiro atoms. The van der Waals surface area contributed by atoms with Gasteiger partial charge in [-0.1, -0.05) is 11.6 Å². The maximum Gasteiger partial charge on any atom is 0.134 e. The van der Waals surface area contributed by atoms with Gasteiger partial charge in [-0.3, -0.25) is 0 Å². The number of furan rings is 1. The molecule has 1 fully saturated rings. The zero-order valence-electron chi connectivity index (χ0n) is 10.5. The second kappa shape index (κ2) is 5.19. The summed E-state index contributed by atoms with van der Waals surface area (Å²) in [6, 6.07) is 5.56. The highest BCUT2D eigenvalue weighted by atomic mass is 35.5. The van der Waals surface area contributed by atoms with E-state index in [0.717, 1.165) is 18.1 Å². The van der Waals surface area contributed by atoms with Gasteiger partial charge >= 0.3 is 0 Å². The Morgan fingerprint density at radius 2 is 2.32 bits per heavy atom. The maximum atomic E-state index is 5.98. The molecule has 2 aromatic rings. The first-order valence-electron chi connectivity index (χ1n) is 6.13. The summed E-state index contributed by atoms with van der Waals surface area (Å²) >= 11 is 5.98. The number of hydrogen-bond acceptors (Lipinski definition) is 5. The molecule has 1 saturated heterocycles. The molecule has 3 rings (SSSR count). The number of hydrogen-bond donors (Lipinski definition) is 0. The molecule has 0 N–H and O–H groups in total. The molecule has 5 nitrogen and oxygen atoms in total. The fourth-order valence-corrected chi connectivity index (χ4v) is 2.40. The second-order valence-electron chi connectivity index (χ2n) is 4.42. The van der Waals surface area contributed by atoms with Gasteiger partial charge in [-0.25, -0.2) is 9.97 Å². The molecule has 0 bridgehead atoms. The summed E-state index contributed by atoms with van der Waals surface area (Å²) in [4.78, 5) is 10.6. The third kappa shape index (κ3) is 2.72. The van der Waals surface area contributed by atoms with E-state index in [1.807, 2.05) is 19.1 Å². The van der Waals surface area contributed by atoms with Crippen LogP contribution in [0, 0.1) is 6.92 Å². The van der Waals surface area contributed by atoms with Crippen LogP contribution in [0.3, 0.4) is 0 Å². The fourth-order valence-electron chi connectivity index (χ4n) is 2.18. The number of rotatable bonds is 2. The van der Waals surface area contributed by atoms with Crippen molar-refractivity contribution in [1.82, 2.24) is 9.97 Å². The van der Waals surface area contributed by atoms with Gasteiger partial charge in [0.15, 0.2) is 0 Å². The molecular formula is C13H14ClN3O2. The van der Waals surface area contributed by atoms with E-state index in [2.05, 4.69) is 14.9 Å². The van der Waals surface area contributed by atoms with E-state index in [4.69, 9.17) is 20.8 Å². The Bertz CT molecular complexity index is 539. The summed E-state index contributed by atoms with van der Waals surface area (Å²) in [5.74, 6) is 2.34. The van der Waals surface area contributed by atoms with Crippen molar-refractivity contribution in [1.29, 1.82) is 0 Å². The van der Waals surface area contributed by atoms with Crippen LogP contribution in [0.2, 0.25) is 5.15 Å². The number of aromatic nitrogens is 2. The van der Waals surface area contributed by atoms with Gasteiger partial charge in [0.1, 0.15) is 28.7 Å². The summed E-state index contributed by atoms with van der Waals surface area (Å²) in [5.41, 5.74) is 0. The van der Waals surface area contributed by atoms with Gasteiger partial charge in [-0.15, -0.1) is 0 Å². The van der Waals surface area contributed by atoms with Gasteiger partial charge in [0.05, 0.1) is 19.4 Å². The molecule has 0 aliphatic carbocycles. The zero-order chi connectivity index (χ0) is 13.2. The summed E-state index contributed by atoms with van der Waals surface area (Å²) in [6.07, 6.45) is 1.58. The number of anilines is 1. The lowest BCUT2D eigenvalue weighted by atomic mass is 10.2. The van der Waals surface area contributed by atoms with Crippen LogP contribution in [-0.2, 0) is 4.74 Å². The molecule has 1 atom stereocenters. The minimum Gasteiger partial charge on any atom is -0.467 e. The molecule has 3 heterocycles. The molecule has 0 amide bonds. The lowest BCUT2D eigenvalue weighted by Crippen LogP contribution is -2.38. The van der Waals surface area contributed by atoms with E-state index in [-0.39, 0.29) is 6.10 Å². The Balaban J connectivity index is 1.81. The third-order valence-corrected chi connectivity index (χ3v) is 3.24. The molecule has 100 valence electrons. The van der Waals surface area contributed by atoms with Crippen LogP contribution in [0.5, 0.6) is 0 Å². The predicted molar refractivity (Wildman–Crippen MR) is 71.4 cm³/mol. The summed E-state index contributed by atoms with van der Waals surface area (Å²) in [7, 11) is 0. The minimum absolute atomic E-state index is 0.0715. The molecule has 1 aliphatic rings. The highest BCUT2D eigenvalue weighted by Gasteiger charge is 2.25. The van der Waals surface area contributed by atoms with Gasteiger partial charge < -0.3 is 14.1 Å². The number of morpholine rings is 1. The van der Waals surface area contributed by atoms with E-state index in [1.165, 1.54) is 0 Å². The monoisotopic (exact) mass is 279 g/mol. The Morgan fingerprint density at radius 3 is 3.05 bits per heavy atom. The third-order valence-electron chi connectivity index (χ3n) is 3.04. The molecule has 1 unspecified atom stereocenters. The van der Waals surface area contributed by atoms with Crippen molar-refractivity contribution >= 4 is 17.4 Å². The Hall–Kier alpha value is -1.59. The van der Waals surface area contributed by atoms with Crippen LogP contribution in [0.1, 0.15) is 17.7 Å². The first-order valence-corrected chi connectivity index (χ1v) is 6.51. The first-order chi connectivity index (χ1) is 9.22. The maximum absolute atomic E-state index is 5.98. The number of nitrogens with zero attached hydrogens (tertiary/aromatic N) is 3. The van der Waals surface area contributed by atoms with Gasteiger partial charge in [0.2, 0.25) is 0 Å². The lowest BCUT2D eigenvalue weighted by Gasteiger charge is -2.32. The summed E-state index contributed by atoms with van der Waals surface area (Å²) < 4.78 is 11.1. The molecule has 1 aliphatic heterocycles. The van der Waals surface area contributed by atoms with E-state index >= 15 is 0 Å². The van der Waals surface area contributed by atoms with Crippen LogP contribution in [0.4, 0.5) is 5.82 Å². The SMILES string of the molecule is Cc1nc(Cl)cc(N2CCOC(c3ccco3)C2)n1. The molecular weight excluding hydrogens is 266 g/mol. The number of halogens is 1. The quantitative estimate of drug-likeness (QED) is 0.791. The van der Waals surface area contributed by atoms with Gasteiger partial charge in [-0.05, 0) is 19.1 Å². The van der Waals surface area contributed by atoms with Crippen LogP contribution in [0.25, 0.3) is 0 Å². The molecule has 2 aromatic heterocycles. The molecule has 6 heteroatoms. The standard InChI is InChI=1S/C13H14ClN3O2/c1-9-15-12(14)7-13(16-9)17-4-6-19-11(8-17)10-3-2-5-18-10/h2-3,5,7,11H,4,6,8H2,1H3. The largest absolute Gasteiger partial charge is 0.467 e. The van der Waals surface area contributed by atoms with E-state index in [9.17, 15) is 0 Å². The Kier molecular flexibility index (Phi) is 3.40. The van der Waals surface area contributed by atoms with Crippen LogP contribution in [-0.4, -0.2) is 29.7 Å². The first kappa shape index (κ1) is 12.4. The number of aryl methyl sites for hydroxylation is 1. The van der Waals surface area contributed by atoms with Crippen molar-refractivity contribution in [2.75, 3.05) is 24.6 Å². The van der Waals surface area contributed by atoms with Crippen LogP contribution in [0.15, 0.2) is 28.9 Å². The molecule has 0 saturated carbocycles. The second-order valence-corrected chi connectivity index (χ2v) is 4.80. The van der Waals surface area contributed by atoms with Crippen molar-refractivity contribution in [3.05, 3.63) is 41.2 Å². The Labute approximate surface area is 116 Å². The van der Waals surface area contributed by atoms with Crippen molar-refractivity contribution in [2.45, 2.75) is 13.0 Å². The van der Waals surface area contributed by atoms with E-state index in [1.54, 1.807) is 12.3 Å². The Morgan fingerprint density at radius 1 is 1.42 bits per heavy atom. The normalized spacial score (nSPS) is 19.7. The zero-order valence-corrected chi connectivity index (χ0v) is 11.3. The smallest absolute Gasteiger partial charge is 0.134 e. The minimum atomic E-state index is -0.0715. The van der Waals surface area contributed by atoms with Crippen molar-refractivity contribution < 1.29 is 9.15 Å². The lowest BCUT2D eigenvalue weighted by molar-refractivity contribution is 0.0255. The average Bonchev–Trinajstić information content (AvgIpc) is 2.92. The number of ether oxygens (including phenoxy) is 1. The van der Waals surface area contributed by atoms with E-state index in [0.29, 0.717) is 24.1 Å². The summed E-state index contributed by atoms with van der Waals surface area (Å²) in [6.45, 7) is 3.94. The van der Waals surface area contributed by atoms with Crippen LogP contribution >= 0.6 is 11.6 Å². The van der Waals surface area contributed by atoms with Crippen molar-refractivity contribution in [3.8, 4) is 0 Å². The predicted octanol–water partition coefficient (Wildman–Crippen LogP) is 2.61. The molecule has 19 heavy (non-hydrogen) atoms.